The third-order valence-electron chi connectivity index (χ3n) is 4.57. The number of hydrazine groups is 1. The highest BCUT2D eigenvalue weighted by atomic mass is 79.9. The van der Waals surface area contributed by atoms with Crippen molar-refractivity contribution < 1.29 is 4.39 Å². The van der Waals surface area contributed by atoms with E-state index in [4.69, 9.17) is 17.4 Å². The number of hydrogen-bond acceptors (Lipinski definition) is 2. The van der Waals surface area contributed by atoms with Crippen LogP contribution in [0.1, 0.15) is 57.6 Å². The Morgan fingerprint density at radius 1 is 1.38 bits per heavy atom. The van der Waals surface area contributed by atoms with Gasteiger partial charge in [0.15, 0.2) is 0 Å². The molecule has 0 aliphatic heterocycles. The molecule has 0 aromatic heterocycles. The second-order valence-electron chi connectivity index (χ2n) is 6.53. The second kappa shape index (κ2) is 6.95. The van der Waals surface area contributed by atoms with Gasteiger partial charge in [0, 0.05) is 10.0 Å². The van der Waals surface area contributed by atoms with Gasteiger partial charge in [0.25, 0.3) is 0 Å². The van der Waals surface area contributed by atoms with Crippen LogP contribution < -0.4 is 11.3 Å². The van der Waals surface area contributed by atoms with Gasteiger partial charge in [0.05, 0.1) is 11.1 Å². The maximum atomic E-state index is 14.6. The fourth-order valence-electron chi connectivity index (χ4n) is 3.86. The molecule has 21 heavy (non-hydrogen) atoms. The first-order chi connectivity index (χ1) is 9.91. The number of benzene rings is 1. The lowest BCUT2D eigenvalue weighted by Gasteiger charge is -2.39. The summed E-state index contributed by atoms with van der Waals surface area (Å²) in [6.07, 6.45) is 5.54. The molecule has 2 nitrogen and oxygen atoms in total. The Morgan fingerprint density at radius 3 is 2.52 bits per heavy atom. The normalized spacial score (nSPS) is 19.2. The zero-order valence-electron chi connectivity index (χ0n) is 12.6. The van der Waals surface area contributed by atoms with E-state index in [2.05, 4.69) is 35.2 Å². The summed E-state index contributed by atoms with van der Waals surface area (Å²) in [5.41, 5.74) is 3.47. The summed E-state index contributed by atoms with van der Waals surface area (Å²) in [6, 6.07) is 3.38. The SMILES string of the molecule is CC(C)CC1(C(NN)c2ccc(Br)c(Cl)c2F)CCCC1. The van der Waals surface area contributed by atoms with E-state index < -0.39 is 0 Å². The molecule has 0 saturated heterocycles. The number of halogens is 3. The van der Waals surface area contributed by atoms with Crippen LogP contribution in [0.15, 0.2) is 16.6 Å². The van der Waals surface area contributed by atoms with E-state index in [1.807, 2.05) is 0 Å². The van der Waals surface area contributed by atoms with Gasteiger partial charge in [0.1, 0.15) is 5.82 Å². The zero-order chi connectivity index (χ0) is 15.6. The van der Waals surface area contributed by atoms with Crippen LogP contribution in [-0.2, 0) is 0 Å². The van der Waals surface area contributed by atoms with Crippen molar-refractivity contribution in [1.82, 2.24) is 5.43 Å². The number of rotatable bonds is 5. The minimum Gasteiger partial charge on any atom is -0.271 e. The maximum Gasteiger partial charge on any atom is 0.147 e. The molecule has 0 amide bonds. The quantitative estimate of drug-likeness (QED) is 0.412. The Kier molecular flexibility index (Phi) is 5.69. The van der Waals surface area contributed by atoms with E-state index in [0.717, 1.165) is 19.3 Å². The van der Waals surface area contributed by atoms with Crippen LogP contribution in [-0.4, -0.2) is 0 Å². The Morgan fingerprint density at radius 2 is 2.00 bits per heavy atom. The van der Waals surface area contributed by atoms with Gasteiger partial charge < -0.3 is 0 Å². The third kappa shape index (κ3) is 3.44. The smallest absolute Gasteiger partial charge is 0.147 e. The van der Waals surface area contributed by atoms with Crippen LogP contribution in [0.25, 0.3) is 0 Å². The van der Waals surface area contributed by atoms with Crippen molar-refractivity contribution in [3.8, 4) is 0 Å². The molecule has 0 bridgehead atoms. The van der Waals surface area contributed by atoms with E-state index in [9.17, 15) is 4.39 Å². The Balaban J connectivity index is 2.44. The molecule has 2 rings (SSSR count). The van der Waals surface area contributed by atoms with Crippen LogP contribution in [0.4, 0.5) is 4.39 Å². The standard InChI is InChI=1S/C16H23BrClFN2/c1-10(2)9-16(7-3-4-8-16)15(21-20)11-5-6-12(17)13(18)14(11)19/h5-6,10,15,21H,3-4,7-9,20H2,1-2H3. The fraction of sp³-hybridized carbons (Fsp3) is 0.625. The van der Waals surface area contributed by atoms with Crippen LogP contribution in [0.3, 0.4) is 0 Å². The predicted octanol–water partition coefficient (Wildman–Crippen LogP) is 5.35. The summed E-state index contributed by atoms with van der Waals surface area (Å²) >= 11 is 9.32. The summed E-state index contributed by atoms with van der Waals surface area (Å²) in [7, 11) is 0. The molecule has 0 spiro atoms. The van der Waals surface area contributed by atoms with Crippen molar-refractivity contribution in [3.63, 3.8) is 0 Å². The molecule has 1 unspecified atom stereocenters. The number of hydrogen-bond donors (Lipinski definition) is 2. The topological polar surface area (TPSA) is 38.0 Å². The molecular formula is C16H23BrClFN2. The monoisotopic (exact) mass is 376 g/mol. The Hall–Kier alpha value is -0.160. The fourth-order valence-corrected chi connectivity index (χ4v) is 4.34. The van der Waals surface area contributed by atoms with Crippen molar-refractivity contribution in [3.05, 3.63) is 33.0 Å². The third-order valence-corrected chi connectivity index (χ3v) is 5.83. The molecule has 1 aromatic rings. The molecule has 1 fully saturated rings. The predicted molar refractivity (Wildman–Crippen MR) is 89.5 cm³/mol. The summed E-state index contributed by atoms with van der Waals surface area (Å²) in [6.45, 7) is 4.41. The van der Waals surface area contributed by atoms with Gasteiger partial charge in [-0.2, -0.15) is 0 Å². The molecule has 0 radical (unpaired) electrons. The average molecular weight is 378 g/mol. The Labute approximate surface area is 139 Å². The molecule has 1 aliphatic rings. The van der Waals surface area contributed by atoms with Crippen molar-refractivity contribution >= 4 is 27.5 Å². The van der Waals surface area contributed by atoms with Gasteiger partial charge in [-0.15, -0.1) is 0 Å². The average Bonchev–Trinajstić information content (AvgIpc) is 2.88. The summed E-state index contributed by atoms with van der Waals surface area (Å²) in [5.74, 6) is 6.01. The van der Waals surface area contributed by atoms with Crippen molar-refractivity contribution in [1.29, 1.82) is 0 Å². The highest BCUT2D eigenvalue weighted by molar-refractivity contribution is 9.10. The van der Waals surface area contributed by atoms with Crippen LogP contribution >= 0.6 is 27.5 Å². The van der Waals surface area contributed by atoms with Crippen LogP contribution in [0.5, 0.6) is 0 Å². The molecule has 1 saturated carbocycles. The van der Waals surface area contributed by atoms with E-state index in [1.54, 1.807) is 12.1 Å². The van der Waals surface area contributed by atoms with Crippen molar-refractivity contribution in [2.24, 2.45) is 17.2 Å². The lowest BCUT2D eigenvalue weighted by atomic mass is 9.70. The van der Waals surface area contributed by atoms with E-state index in [-0.39, 0.29) is 22.3 Å². The molecule has 1 aromatic carbocycles. The summed E-state index contributed by atoms with van der Waals surface area (Å²) in [5, 5.41) is 0.130. The van der Waals surface area contributed by atoms with Gasteiger partial charge in [-0.25, -0.2) is 4.39 Å². The van der Waals surface area contributed by atoms with Crippen molar-refractivity contribution in [2.75, 3.05) is 0 Å². The molecule has 3 N–H and O–H groups in total. The maximum absolute atomic E-state index is 14.6. The van der Waals surface area contributed by atoms with Gasteiger partial charge in [-0.1, -0.05) is 44.4 Å². The zero-order valence-corrected chi connectivity index (χ0v) is 14.9. The van der Waals surface area contributed by atoms with Gasteiger partial charge >= 0.3 is 0 Å². The van der Waals surface area contributed by atoms with Crippen LogP contribution in [0.2, 0.25) is 5.02 Å². The van der Waals surface area contributed by atoms with Gasteiger partial charge in [-0.3, -0.25) is 11.3 Å². The number of nitrogens with one attached hydrogen (secondary N) is 1. The molecule has 0 heterocycles. The number of nitrogens with two attached hydrogens (primary N) is 1. The van der Waals surface area contributed by atoms with Gasteiger partial charge in [-0.05, 0) is 52.6 Å². The van der Waals surface area contributed by atoms with Gasteiger partial charge in [0.2, 0.25) is 0 Å². The lowest BCUT2D eigenvalue weighted by Crippen LogP contribution is -2.41. The summed E-state index contributed by atoms with van der Waals surface area (Å²) < 4.78 is 15.2. The minimum atomic E-state index is -0.371. The first kappa shape index (κ1) is 17.2. The Bertz CT molecular complexity index is 501. The van der Waals surface area contributed by atoms with E-state index in [1.165, 1.54) is 12.8 Å². The highest BCUT2D eigenvalue weighted by Gasteiger charge is 2.43. The first-order valence-electron chi connectivity index (χ1n) is 7.51. The summed E-state index contributed by atoms with van der Waals surface area (Å²) in [4.78, 5) is 0. The van der Waals surface area contributed by atoms with Crippen LogP contribution in [0, 0.1) is 17.2 Å². The molecule has 118 valence electrons. The molecule has 5 heteroatoms. The minimum absolute atomic E-state index is 0.0148. The highest BCUT2D eigenvalue weighted by Crippen LogP contribution is 2.52. The molecule has 1 atom stereocenters. The molecular weight excluding hydrogens is 355 g/mol. The second-order valence-corrected chi connectivity index (χ2v) is 7.76. The van der Waals surface area contributed by atoms with E-state index >= 15 is 0 Å². The lowest BCUT2D eigenvalue weighted by molar-refractivity contribution is 0.153. The van der Waals surface area contributed by atoms with E-state index in [0.29, 0.717) is 16.0 Å². The van der Waals surface area contributed by atoms with Crippen molar-refractivity contribution in [2.45, 2.75) is 52.0 Å². The first-order valence-corrected chi connectivity index (χ1v) is 8.68. The molecule has 1 aliphatic carbocycles. The largest absolute Gasteiger partial charge is 0.271 e.